The molecule has 2 aromatic carbocycles. The Morgan fingerprint density at radius 3 is 2.58 bits per heavy atom. The molecule has 0 saturated heterocycles. The number of nitrogens with one attached hydrogen (secondary N) is 1. The summed E-state index contributed by atoms with van der Waals surface area (Å²) < 4.78 is 27.3. The lowest BCUT2D eigenvalue weighted by Gasteiger charge is -2.08. The van der Waals surface area contributed by atoms with Gasteiger partial charge >= 0.3 is 0 Å². The number of aryl methyl sites for hydroxylation is 1. The van der Waals surface area contributed by atoms with Crippen molar-refractivity contribution < 1.29 is 8.78 Å². The van der Waals surface area contributed by atoms with Crippen LogP contribution < -0.4 is 5.32 Å². The zero-order valence-corrected chi connectivity index (χ0v) is 12.1. The first-order valence-corrected chi connectivity index (χ1v) is 6.75. The van der Waals surface area contributed by atoms with Crippen molar-refractivity contribution in [1.82, 2.24) is 5.32 Å². The van der Waals surface area contributed by atoms with E-state index in [1.54, 1.807) is 19.1 Å². The fraction of sp³-hybridized carbons (Fsp3) is 0.200. The standard InChI is InChI=1S/C15H14BrF2N/c1-10-2-3-11(6-15(10)18)8-19-9-12-7-13(17)4-5-14(12)16/h2-7,19H,8-9H2,1H3. The molecule has 0 amide bonds. The Morgan fingerprint density at radius 1 is 1.05 bits per heavy atom. The van der Waals surface area contributed by atoms with Gasteiger partial charge in [-0.25, -0.2) is 8.78 Å². The van der Waals surface area contributed by atoms with Crippen molar-refractivity contribution in [2.45, 2.75) is 20.0 Å². The average Bonchev–Trinajstić information content (AvgIpc) is 2.38. The molecule has 4 heteroatoms. The van der Waals surface area contributed by atoms with Crippen molar-refractivity contribution in [2.24, 2.45) is 0 Å². The first kappa shape index (κ1) is 14.2. The van der Waals surface area contributed by atoms with Crippen molar-refractivity contribution in [3.05, 3.63) is 69.2 Å². The quantitative estimate of drug-likeness (QED) is 0.882. The van der Waals surface area contributed by atoms with E-state index in [4.69, 9.17) is 0 Å². The van der Waals surface area contributed by atoms with Gasteiger partial charge < -0.3 is 5.32 Å². The number of halogens is 3. The van der Waals surface area contributed by atoms with Gasteiger partial charge in [-0.15, -0.1) is 0 Å². The molecule has 1 N–H and O–H groups in total. The average molecular weight is 326 g/mol. The van der Waals surface area contributed by atoms with E-state index in [1.807, 2.05) is 6.07 Å². The molecule has 0 bridgehead atoms. The lowest BCUT2D eigenvalue weighted by Crippen LogP contribution is -2.13. The lowest BCUT2D eigenvalue weighted by molar-refractivity contribution is 0.609. The first-order valence-electron chi connectivity index (χ1n) is 5.96. The molecule has 0 atom stereocenters. The normalized spacial score (nSPS) is 10.7. The smallest absolute Gasteiger partial charge is 0.126 e. The minimum atomic E-state index is -0.263. The van der Waals surface area contributed by atoms with E-state index in [2.05, 4.69) is 21.2 Å². The van der Waals surface area contributed by atoms with Gasteiger partial charge in [0, 0.05) is 17.6 Å². The number of hydrogen-bond acceptors (Lipinski definition) is 1. The fourth-order valence-electron chi connectivity index (χ4n) is 1.77. The second-order valence-electron chi connectivity index (χ2n) is 4.42. The minimum absolute atomic E-state index is 0.203. The monoisotopic (exact) mass is 325 g/mol. The highest BCUT2D eigenvalue weighted by Crippen LogP contribution is 2.17. The molecular formula is C15H14BrF2N. The van der Waals surface area contributed by atoms with Gasteiger partial charge in [0.25, 0.3) is 0 Å². The summed E-state index contributed by atoms with van der Waals surface area (Å²) in [6, 6.07) is 9.72. The highest BCUT2D eigenvalue weighted by atomic mass is 79.9. The zero-order chi connectivity index (χ0) is 13.8. The Morgan fingerprint density at radius 2 is 1.84 bits per heavy atom. The van der Waals surface area contributed by atoms with Gasteiger partial charge in [-0.2, -0.15) is 0 Å². The molecule has 19 heavy (non-hydrogen) atoms. The van der Waals surface area contributed by atoms with Crippen LogP contribution in [0.3, 0.4) is 0 Å². The van der Waals surface area contributed by atoms with Crippen molar-refractivity contribution in [3.8, 4) is 0 Å². The van der Waals surface area contributed by atoms with E-state index in [0.29, 0.717) is 18.7 Å². The Bertz CT molecular complexity index is 584. The Hall–Kier alpha value is -1.26. The van der Waals surface area contributed by atoms with Gasteiger partial charge in [-0.3, -0.25) is 0 Å². The van der Waals surface area contributed by atoms with E-state index in [1.165, 1.54) is 18.2 Å². The molecule has 100 valence electrons. The summed E-state index contributed by atoms with van der Waals surface area (Å²) in [5, 5.41) is 3.17. The highest BCUT2D eigenvalue weighted by Gasteiger charge is 2.03. The van der Waals surface area contributed by atoms with Crippen LogP contribution in [0.4, 0.5) is 8.78 Å². The van der Waals surface area contributed by atoms with Crippen molar-refractivity contribution >= 4 is 15.9 Å². The van der Waals surface area contributed by atoms with Gasteiger partial charge in [0.1, 0.15) is 11.6 Å². The van der Waals surface area contributed by atoms with Crippen LogP contribution in [-0.2, 0) is 13.1 Å². The molecule has 0 aromatic heterocycles. The van der Waals surface area contributed by atoms with E-state index in [-0.39, 0.29) is 11.6 Å². The van der Waals surface area contributed by atoms with Crippen molar-refractivity contribution in [3.63, 3.8) is 0 Å². The summed E-state index contributed by atoms with van der Waals surface area (Å²) in [6.45, 7) is 2.80. The van der Waals surface area contributed by atoms with E-state index < -0.39 is 0 Å². The molecule has 0 fully saturated rings. The summed E-state index contributed by atoms with van der Waals surface area (Å²) in [5.41, 5.74) is 2.35. The summed E-state index contributed by atoms with van der Waals surface area (Å²) in [7, 11) is 0. The zero-order valence-electron chi connectivity index (χ0n) is 10.5. The van der Waals surface area contributed by atoms with Crippen LogP contribution in [-0.4, -0.2) is 0 Å². The predicted octanol–water partition coefficient (Wildman–Crippen LogP) is 4.33. The maximum absolute atomic E-state index is 13.4. The number of rotatable bonds is 4. The molecule has 2 aromatic rings. The molecule has 2 rings (SSSR count). The first-order chi connectivity index (χ1) is 9.06. The summed E-state index contributed by atoms with van der Waals surface area (Å²) >= 11 is 3.37. The molecular weight excluding hydrogens is 312 g/mol. The second-order valence-corrected chi connectivity index (χ2v) is 5.28. The minimum Gasteiger partial charge on any atom is -0.309 e. The molecule has 1 nitrogen and oxygen atoms in total. The van der Waals surface area contributed by atoms with Crippen LogP contribution in [0.15, 0.2) is 40.9 Å². The Kier molecular flexibility index (Phi) is 4.66. The Balaban J connectivity index is 1.96. The van der Waals surface area contributed by atoms with Crippen molar-refractivity contribution in [2.75, 3.05) is 0 Å². The molecule has 0 aliphatic carbocycles. The third-order valence-corrected chi connectivity index (χ3v) is 3.66. The third-order valence-electron chi connectivity index (χ3n) is 2.89. The molecule has 0 unspecified atom stereocenters. The van der Waals surface area contributed by atoms with E-state index >= 15 is 0 Å². The molecule has 0 aliphatic rings. The maximum atomic E-state index is 13.4. The molecule has 0 radical (unpaired) electrons. The Labute approximate surface area is 119 Å². The number of hydrogen-bond donors (Lipinski definition) is 1. The van der Waals surface area contributed by atoms with Crippen LogP contribution in [0.1, 0.15) is 16.7 Å². The van der Waals surface area contributed by atoms with Crippen molar-refractivity contribution in [1.29, 1.82) is 0 Å². The van der Waals surface area contributed by atoms with Gasteiger partial charge in [-0.05, 0) is 47.9 Å². The largest absolute Gasteiger partial charge is 0.309 e. The topological polar surface area (TPSA) is 12.0 Å². The predicted molar refractivity (Wildman–Crippen MR) is 75.8 cm³/mol. The lowest BCUT2D eigenvalue weighted by atomic mass is 10.1. The van der Waals surface area contributed by atoms with Crippen LogP contribution in [0.25, 0.3) is 0 Å². The second kappa shape index (κ2) is 6.26. The van der Waals surface area contributed by atoms with Crippen LogP contribution >= 0.6 is 15.9 Å². The molecule has 0 heterocycles. The van der Waals surface area contributed by atoms with Gasteiger partial charge in [0.15, 0.2) is 0 Å². The van der Waals surface area contributed by atoms with E-state index in [0.717, 1.165) is 15.6 Å². The van der Waals surface area contributed by atoms with E-state index in [9.17, 15) is 8.78 Å². The SMILES string of the molecule is Cc1ccc(CNCc2cc(F)ccc2Br)cc1F. The molecule has 0 saturated carbocycles. The molecule has 0 aliphatic heterocycles. The highest BCUT2D eigenvalue weighted by molar-refractivity contribution is 9.10. The van der Waals surface area contributed by atoms with Gasteiger partial charge in [0.05, 0.1) is 0 Å². The van der Waals surface area contributed by atoms with Crippen LogP contribution in [0.2, 0.25) is 0 Å². The number of benzene rings is 2. The van der Waals surface area contributed by atoms with Crippen LogP contribution in [0, 0.1) is 18.6 Å². The van der Waals surface area contributed by atoms with Gasteiger partial charge in [0.2, 0.25) is 0 Å². The molecule has 0 spiro atoms. The van der Waals surface area contributed by atoms with Gasteiger partial charge in [-0.1, -0.05) is 28.1 Å². The third kappa shape index (κ3) is 3.85. The van der Waals surface area contributed by atoms with Crippen LogP contribution in [0.5, 0.6) is 0 Å². The summed E-state index contributed by atoms with van der Waals surface area (Å²) in [4.78, 5) is 0. The summed E-state index contributed by atoms with van der Waals surface area (Å²) in [5.74, 6) is -0.465. The maximum Gasteiger partial charge on any atom is 0.126 e. The summed E-state index contributed by atoms with van der Waals surface area (Å²) in [6.07, 6.45) is 0. The fourth-order valence-corrected chi connectivity index (χ4v) is 2.15.